The number of alkyl halides is 1. The van der Waals surface area contributed by atoms with E-state index in [0.717, 1.165) is 44.6 Å². The number of carboxylic acids is 1. The van der Waals surface area contributed by atoms with Gasteiger partial charge in [0.2, 0.25) is 0 Å². The molecule has 1 aliphatic carbocycles. The number of carboxylic acid groups (broad SMARTS) is 1. The number of hydrogen-bond donors (Lipinski definition) is 1. The third-order valence-corrected chi connectivity index (χ3v) is 6.50. The number of allylic oxidation sites excluding steroid dienone is 1. The first-order chi connectivity index (χ1) is 19.5. The van der Waals surface area contributed by atoms with Crippen LogP contribution in [0, 0.1) is 17.6 Å². The number of unbranched alkanes of at least 4 members (excludes halogenated alkanes) is 2. The Hall–Kier alpha value is -2.18. The standard InChI is InChI=1S/C25H34F3NO3.4C2H6/c26-13-6-5-8-19-17-29(14-12-18(19)7-1-4-11-24(30)31)23-16-21(15-22(27)25(23)28)32-20-9-2-3-10-20;4*1-2/h7,15-16,19-20H,1-6,8-14,17H2,(H,30,31);4*1-2H3/b18-7-;;;;. The highest BCUT2D eigenvalue weighted by Gasteiger charge is 2.27. The van der Waals surface area contributed by atoms with Crippen molar-refractivity contribution in [2.45, 2.75) is 132 Å². The van der Waals surface area contributed by atoms with Gasteiger partial charge in [-0.25, -0.2) is 8.78 Å². The maximum atomic E-state index is 14.7. The normalized spacial score (nSPS) is 17.2. The molecule has 40 heavy (non-hydrogen) atoms. The minimum Gasteiger partial charge on any atom is -0.490 e. The fourth-order valence-electron chi connectivity index (χ4n) is 4.78. The summed E-state index contributed by atoms with van der Waals surface area (Å²) in [7, 11) is 0. The average Bonchev–Trinajstić information content (AvgIpc) is 3.51. The lowest BCUT2D eigenvalue weighted by molar-refractivity contribution is -0.137. The summed E-state index contributed by atoms with van der Waals surface area (Å²) in [4.78, 5) is 12.6. The first kappa shape index (κ1) is 40.0. The highest BCUT2D eigenvalue weighted by molar-refractivity contribution is 5.66. The van der Waals surface area contributed by atoms with E-state index in [1.165, 1.54) is 5.57 Å². The third-order valence-electron chi connectivity index (χ3n) is 6.50. The number of hydrogen-bond acceptors (Lipinski definition) is 3. The fourth-order valence-corrected chi connectivity index (χ4v) is 4.78. The molecular formula is C33H58F3NO3. The quantitative estimate of drug-likeness (QED) is 0.211. The van der Waals surface area contributed by atoms with Gasteiger partial charge in [-0.1, -0.05) is 73.5 Å². The molecule has 0 bridgehead atoms. The largest absolute Gasteiger partial charge is 0.490 e. The van der Waals surface area contributed by atoms with E-state index in [4.69, 9.17) is 9.84 Å². The number of aliphatic carboxylic acids is 1. The van der Waals surface area contributed by atoms with Crippen LogP contribution in [0.5, 0.6) is 5.75 Å². The molecule has 3 rings (SSSR count). The number of halogens is 3. The fraction of sp³-hybridized carbons (Fsp3) is 0.727. The molecule has 2 aliphatic rings. The molecule has 1 atom stereocenters. The molecule has 0 radical (unpaired) electrons. The summed E-state index contributed by atoms with van der Waals surface area (Å²) in [6, 6.07) is 2.74. The zero-order valence-electron chi connectivity index (χ0n) is 26.6. The molecule has 2 fully saturated rings. The molecule has 4 nitrogen and oxygen atoms in total. The maximum absolute atomic E-state index is 14.7. The molecule has 1 unspecified atom stereocenters. The highest BCUT2D eigenvalue weighted by Crippen LogP contribution is 2.36. The van der Waals surface area contributed by atoms with E-state index in [1.54, 1.807) is 6.07 Å². The van der Waals surface area contributed by atoms with Gasteiger partial charge in [0.05, 0.1) is 18.5 Å². The minimum atomic E-state index is -0.903. The van der Waals surface area contributed by atoms with Crippen LogP contribution in [0.4, 0.5) is 18.9 Å². The van der Waals surface area contributed by atoms with Crippen LogP contribution in [0.25, 0.3) is 0 Å². The molecule has 234 valence electrons. The van der Waals surface area contributed by atoms with Crippen molar-refractivity contribution in [2.24, 2.45) is 5.92 Å². The van der Waals surface area contributed by atoms with Gasteiger partial charge in [-0.3, -0.25) is 9.18 Å². The van der Waals surface area contributed by atoms with Crippen molar-refractivity contribution >= 4 is 11.7 Å². The van der Waals surface area contributed by atoms with Gasteiger partial charge in [0.1, 0.15) is 5.75 Å². The summed E-state index contributed by atoms with van der Waals surface area (Å²) >= 11 is 0. The molecule has 1 heterocycles. The van der Waals surface area contributed by atoms with Crippen LogP contribution in [0.2, 0.25) is 0 Å². The molecular weight excluding hydrogens is 515 g/mol. The van der Waals surface area contributed by atoms with Crippen LogP contribution in [-0.4, -0.2) is 36.9 Å². The molecule has 7 heteroatoms. The van der Waals surface area contributed by atoms with Crippen molar-refractivity contribution < 1.29 is 27.8 Å². The number of nitrogens with zero attached hydrogens (tertiary/aromatic N) is 1. The summed E-state index contributed by atoms with van der Waals surface area (Å²) < 4.78 is 47.7. The molecule has 0 amide bonds. The van der Waals surface area contributed by atoms with Gasteiger partial charge in [-0.05, 0) is 63.7 Å². The molecule has 1 saturated carbocycles. The highest BCUT2D eigenvalue weighted by atomic mass is 19.2. The molecule has 1 aromatic carbocycles. The maximum Gasteiger partial charge on any atom is 0.303 e. The van der Waals surface area contributed by atoms with Gasteiger partial charge in [-0.2, -0.15) is 0 Å². The van der Waals surface area contributed by atoms with Gasteiger partial charge in [-0.15, -0.1) is 0 Å². The Morgan fingerprint density at radius 1 is 1.00 bits per heavy atom. The lowest BCUT2D eigenvalue weighted by Gasteiger charge is -2.37. The number of carbonyl (C=O) groups is 1. The Bertz CT molecular complexity index is 795. The molecule has 0 aromatic heterocycles. The molecule has 1 aliphatic heterocycles. The van der Waals surface area contributed by atoms with E-state index in [-0.39, 0.29) is 30.8 Å². The van der Waals surface area contributed by atoms with Crippen molar-refractivity contribution in [3.05, 3.63) is 35.4 Å². The Morgan fingerprint density at radius 3 is 2.20 bits per heavy atom. The van der Waals surface area contributed by atoms with Crippen LogP contribution >= 0.6 is 0 Å². The van der Waals surface area contributed by atoms with Gasteiger partial charge in [0, 0.05) is 31.6 Å². The lowest BCUT2D eigenvalue weighted by atomic mass is 9.86. The predicted molar refractivity (Wildman–Crippen MR) is 164 cm³/mol. The van der Waals surface area contributed by atoms with E-state index in [0.29, 0.717) is 44.5 Å². The third kappa shape index (κ3) is 15.0. The SMILES string of the molecule is CC.CC.CC.CC.O=C(O)CCC/C=C1/CCN(c2cc(OC3CCCC3)cc(F)c2F)CC1CCCCF. The average molecular weight is 574 g/mol. The number of benzene rings is 1. The summed E-state index contributed by atoms with van der Waals surface area (Å²) in [6.45, 7) is 16.7. The molecule has 1 saturated heterocycles. The van der Waals surface area contributed by atoms with Crippen LogP contribution in [0.3, 0.4) is 0 Å². The first-order valence-corrected chi connectivity index (χ1v) is 15.8. The van der Waals surface area contributed by atoms with Crippen molar-refractivity contribution in [1.82, 2.24) is 0 Å². The van der Waals surface area contributed by atoms with E-state index in [2.05, 4.69) is 6.08 Å². The second-order valence-electron chi connectivity index (χ2n) is 8.91. The van der Waals surface area contributed by atoms with Crippen LogP contribution in [-0.2, 0) is 4.79 Å². The first-order valence-electron chi connectivity index (χ1n) is 15.8. The predicted octanol–water partition coefficient (Wildman–Crippen LogP) is 10.5. The van der Waals surface area contributed by atoms with Gasteiger partial charge in [0.15, 0.2) is 11.6 Å². The van der Waals surface area contributed by atoms with E-state index >= 15 is 0 Å². The van der Waals surface area contributed by atoms with Gasteiger partial charge < -0.3 is 14.7 Å². The van der Waals surface area contributed by atoms with Crippen molar-refractivity contribution in [3.63, 3.8) is 0 Å². The Kier molecular flexibility index (Phi) is 25.7. The summed E-state index contributed by atoms with van der Waals surface area (Å²) in [5.74, 6) is -2.09. The zero-order chi connectivity index (χ0) is 30.9. The number of ether oxygens (including phenoxy) is 1. The number of rotatable bonds is 11. The summed E-state index contributed by atoms with van der Waals surface area (Å²) in [6.07, 6.45) is 10.3. The number of piperidine rings is 1. The topological polar surface area (TPSA) is 49.8 Å². The Labute approximate surface area is 243 Å². The number of anilines is 1. The Balaban J connectivity index is 0. The van der Waals surface area contributed by atoms with Crippen LogP contribution in [0.1, 0.15) is 126 Å². The van der Waals surface area contributed by atoms with Crippen LogP contribution in [0.15, 0.2) is 23.8 Å². The second-order valence-corrected chi connectivity index (χ2v) is 8.91. The summed E-state index contributed by atoms with van der Waals surface area (Å²) in [5.41, 5.74) is 1.43. The van der Waals surface area contributed by atoms with E-state index in [1.807, 2.05) is 60.3 Å². The van der Waals surface area contributed by atoms with E-state index < -0.39 is 17.6 Å². The van der Waals surface area contributed by atoms with E-state index in [9.17, 15) is 18.0 Å². The van der Waals surface area contributed by atoms with Crippen molar-refractivity contribution in [1.29, 1.82) is 0 Å². The zero-order valence-corrected chi connectivity index (χ0v) is 26.6. The van der Waals surface area contributed by atoms with Gasteiger partial charge >= 0.3 is 5.97 Å². The molecule has 1 aromatic rings. The minimum absolute atomic E-state index is 0.0582. The lowest BCUT2D eigenvalue weighted by Crippen LogP contribution is -2.37. The van der Waals surface area contributed by atoms with Crippen molar-refractivity contribution in [3.8, 4) is 5.75 Å². The van der Waals surface area contributed by atoms with Gasteiger partial charge in [0.25, 0.3) is 0 Å². The smallest absolute Gasteiger partial charge is 0.303 e. The van der Waals surface area contributed by atoms with Crippen LogP contribution < -0.4 is 9.64 Å². The Morgan fingerprint density at radius 2 is 1.62 bits per heavy atom. The summed E-state index contributed by atoms with van der Waals surface area (Å²) in [5, 5.41) is 8.83. The second kappa shape index (κ2) is 25.8. The molecule has 0 spiro atoms. The van der Waals surface area contributed by atoms with Crippen molar-refractivity contribution in [2.75, 3.05) is 24.7 Å². The molecule has 1 N–H and O–H groups in total. The monoisotopic (exact) mass is 573 g/mol.